The predicted molar refractivity (Wildman–Crippen MR) is 77.2 cm³/mol. The Bertz CT molecular complexity index is 585. The summed E-state index contributed by atoms with van der Waals surface area (Å²) < 4.78 is 34.2. The van der Waals surface area contributed by atoms with E-state index < -0.39 is 10.1 Å². The normalized spacial score (nSPS) is 21.6. The lowest BCUT2D eigenvalue weighted by atomic mass is 9.80. The Morgan fingerprint density at radius 1 is 1.24 bits per heavy atom. The summed E-state index contributed by atoms with van der Waals surface area (Å²) in [5, 5.41) is 0. The van der Waals surface area contributed by atoms with Gasteiger partial charge in [-0.3, -0.25) is 8.98 Å². The number of esters is 1. The molecule has 0 N–H and O–H groups in total. The Morgan fingerprint density at radius 3 is 2.43 bits per heavy atom. The summed E-state index contributed by atoms with van der Waals surface area (Å²) in [6, 6.07) is 6.56. The number of ether oxygens (including phenoxy) is 1. The number of carbonyl (C=O) groups is 1. The summed E-state index contributed by atoms with van der Waals surface area (Å²) in [5.74, 6) is -0.0791. The second kappa shape index (κ2) is 6.58. The Balaban J connectivity index is 1.84. The molecule has 1 aliphatic carbocycles. The van der Waals surface area contributed by atoms with Crippen molar-refractivity contribution in [3.63, 3.8) is 0 Å². The van der Waals surface area contributed by atoms with Gasteiger partial charge in [0.15, 0.2) is 0 Å². The van der Waals surface area contributed by atoms with E-state index in [2.05, 4.69) is 0 Å². The van der Waals surface area contributed by atoms with Crippen LogP contribution in [-0.4, -0.2) is 27.1 Å². The summed E-state index contributed by atoms with van der Waals surface area (Å²) in [5.41, 5.74) is 0.993. The largest absolute Gasteiger partial charge is 0.466 e. The molecule has 0 spiro atoms. The first-order valence-corrected chi connectivity index (χ1v) is 8.47. The van der Waals surface area contributed by atoms with Crippen molar-refractivity contribution in [1.82, 2.24) is 0 Å². The molecule has 1 aromatic rings. The smallest absolute Gasteiger partial charge is 0.306 e. The highest BCUT2D eigenvalue weighted by Gasteiger charge is 2.35. The van der Waals surface area contributed by atoms with E-state index in [0.29, 0.717) is 25.9 Å². The zero-order valence-electron chi connectivity index (χ0n) is 12.2. The molecule has 6 heteroatoms. The topological polar surface area (TPSA) is 69.7 Å². The molecule has 0 saturated heterocycles. The van der Waals surface area contributed by atoms with E-state index in [-0.39, 0.29) is 22.9 Å². The number of benzene rings is 1. The van der Waals surface area contributed by atoms with Crippen LogP contribution in [0.4, 0.5) is 0 Å². The van der Waals surface area contributed by atoms with Crippen LogP contribution in [0, 0.1) is 12.8 Å². The van der Waals surface area contributed by atoms with Gasteiger partial charge >= 0.3 is 5.97 Å². The molecule has 0 amide bonds. The molecule has 0 aromatic heterocycles. The van der Waals surface area contributed by atoms with E-state index in [1.54, 1.807) is 31.2 Å². The summed E-state index contributed by atoms with van der Waals surface area (Å²) in [6.07, 6.45) is 1.14. The molecule has 21 heavy (non-hydrogen) atoms. The SMILES string of the molecule is CCOC(=O)CC1CC(OS(=O)(=O)c2ccc(C)cc2)C1. The van der Waals surface area contributed by atoms with Gasteiger partial charge in [-0.15, -0.1) is 0 Å². The molecule has 0 radical (unpaired) electrons. The molecule has 1 aromatic carbocycles. The second-order valence-corrected chi connectivity index (χ2v) is 6.90. The molecule has 0 bridgehead atoms. The van der Waals surface area contributed by atoms with E-state index in [4.69, 9.17) is 8.92 Å². The van der Waals surface area contributed by atoms with Crippen LogP contribution in [0.5, 0.6) is 0 Å². The highest BCUT2D eigenvalue weighted by molar-refractivity contribution is 7.86. The number of rotatable bonds is 6. The number of hydrogen-bond donors (Lipinski definition) is 0. The zero-order chi connectivity index (χ0) is 15.5. The van der Waals surface area contributed by atoms with Crippen LogP contribution in [0.2, 0.25) is 0 Å². The lowest BCUT2D eigenvalue weighted by Crippen LogP contribution is -2.34. The molecule has 1 saturated carbocycles. The first kappa shape index (κ1) is 16.0. The van der Waals surface area contributed by atoms with Crippen LogP contribution in [0.25, 0.3) is 0 Å². The Morgan fingerprint density at radius 2 is 1.86 bits per heavy atom. The van der Waals surface area contributed by atoms with Crippen LogP contribution < -0.4 is 0 Å². The van der Waals surface area contributed by atoms with Gasteiger partial charge in [-0.2, -0.15) is 8.42 Å². The van der Waals surface area contributed by atoms with Gasteiger partial charge in [0.1, 0.15) is 0 Å². The van der Waals surface area contributed by atoms with Crippen LogP contribution in [0.1, 0.15) is 31.7 Å². The highest BCUT2D eigenvalue weighted by Crippen LogP contribution is 2.35. The number of carbonyl (C=O) groups excluding carboxylic acids is 1. The van der Waals surface area contributed by atoms with Gasteiger partial charge in [0.05, 0.1) is 17.6 Å². The third-order valence-electron chi connectivity index (χ3n) is 3.53. The minimum absolute atomic E-state index is 0.155. The van der Waals surface area contributed by atoms with Crippen molar-refractivity contribution in [1.29, 1.82) is 0 Å². The van der Waals surface area contributed by atoms with Crippen LogP contribution in [0.3, 0.4) is 0 Å². The van der Waals surface area contributed by atoms with E-state index in [0.717, 1.165) is 5.56 Å². The lowest BCUT2D eigenvalue weighted by molar-refractivity contribution is -0.145. The van der Waals surface area contributed by atoms with Crippen molar-refractivity contribution in [3.8, 4) is 0 Å². The highest BCUT2D eigenvalue weighted by atomic mass is 32.2. The molecule has 0 heterocycles. The van der Waals surface area contributed by atoms with Crippen LogP contribution >= 0.6 is 0 Å². The predicted octanol–water partition coefficient (Wildman–Crippen LogP) is 2.43. The minimum Gasteiger partial charge on any atom is -0.466 e. The Hall–Kier alpha value is -1.40. The Kier molecular flexibility index (Phi) is 5.00. The standard InChI is InChI=1S/C15H20O5S/c1-3-19-15(16)10-12-8-13(9-12)20-21(17,18)14-6-4-11(2)5-7-14/h4-7,12-13H,3,8-10H2,1-2H3. The second-order valence-electron chi connectivity index (χ2n) is 5.33. The number of aryl methyl sites for hydroxylation is 1. The summed E-state index contributed by atoms with van der Waals surface area (Å²) in [7, 11) is -3.72. The van der Waals surface area contributed by atoms with Crippen molar-refractivity contribution >= 4 is 16.1 Å². The summed E-state index contributed by atoms with van der Waals surface area (Å²) >= 11 is 0. The van der Waals surface area contributed by atoms with E-state index >= 15 is 0 Å². The third kappa shape index (κ3) is 4.28. The Labute approximate surface area is 125 Å². The van der Waals surface area contributed by atoms with Gasteiger partial charge in [0, 0.05) is 6.42 Å². The van der Waals surface area contributed by atoms with Crippen molar-refractivity contribution in [2.45, 2.75) is 44.1 Å². The summed E-state index contributed by atoms with van der Waals surface area (Å²) in [6.45, 7) is 4.02. The van der Waals surface area contributed by atoms with E-state index in [1.165, 1.54) is 0 Å². The van der Waals surface area contributed by atoms with Crippen molar-refractivity contribution < 1.29 is 22.1 Å². The maximum atomic E-state index is 12.1. The van der Waals surface area contributed by atoms with Crippen LogP contribution in [-0.2, 0) is 23.8 Å². The molecule has 5 nitrogen and oxygen atoms in total. The molecular formula is C15H20O5S. The van der Waals surface area contributed by atoms with Crippen molar-refractivity contribution in [2.24, 2.45) is 5.92 Å². The maximum Gasteiger partial charge on any atom is 0.306 e. The van der Waals surface area contributed by atoms with Crippen LogP contribution in [0.15, 0.2) is 29.2 Å². The van der Waals surface area contributed by atoms with Gasteiger partial charge in [-0.25, -0.2) is 0 Å². The van der Waals surface area contributed by atoms with E-state index in [1.807, 2.05) is 6.92 Å². The van der Waals surface area contributed by atoms with Crippen molar-refractivity contribution in [2.75, 3.05) is 6.61 Å². The molecule has 0 aliphatic heterocycles. The molecule has 0 atom stereocenters. The minimum atomic E-state index is -3.72. The van der Waals surface area contributed by atoms with E-state index in [9.17, 15) is 13.2 Å². The molecule has 1 fully saturated rings. The molecule has 0 unspecified atom stereocenters. The van der Waals surface area contributed by atoms with Gasteiger partial charge in [0.25, 0.3) is 10.1 Å². The first-order chi connectivity index (χ1) is 9.90. The maximum absolute atomic E-state index is 12.1. The molecule has 116 valence electrons. The number of hydrogen-bond acceptors (Lipinski definition) is 5. The fourth-order valence-electron chi connectivity index (χ4n) is 2.32. The average Bonchev–Trinajstić information content (AvgIpc) is 2.37. The molecular weight excluding hydrogens is 292 g/mol. The fourth-order valence-corrected chi connectivity index (χ4v) is 3.41. The molecule has 1 aliphatic rings. The average molecular weight is 312 g/mol. The molecule has 2 rings (SSSR count). The zero-order valence-corrected chi connectivity index (χ0v) is 13.1. The van der Waals surface area contributed by atoms with Gasteiger partial charge in [-0.05, 0) is 44.7 Å². The first-order valence-electron chi connectivity index (χ1n) is 7.06. The monoisotopic (exact) mass is 312 g/mol. The van der Waals surface area contributed by atoms with Gasteiger partial charge in [0.2, 0.25) is 0 Å². The third-order valence-corrected chi connectivity index (χ3v) is 4.90. The van der Waals surface area contributed by atoms with Gasteiger partial charge < -0.3 is 4.74 Å². The van der Waals surface area contributed by atoms with Crippen molar-refractivity contribution in [3.05, 3.63) is 29.8 Å². The quantitative estimate of drug-likeness (QED) is 0.596. The van der Waals surface area contributed by atoms with Gasteiger partial charge in [-0.1, -0.05) is 17.7 Å². The lowest BCUT2D eigenvalue weighted by Gasteiger charge is -2.33. The summed E-state index contributed by atoms with van der Waals surface area (Å²) in [4.78, 5) is 11.5. The fraction of sp³-hybridized carbons (Fsp3) is 0.533.